The summed E-state index contributed by atoms with van der Waals surface area (Å²) in [6.45, 7) is 4.61. The van der Waals surface area contributed by atoms with Gasteiger partial charge in [0.1, 0.15) is 17.2 Å². The Balaban J connectivity index is 2.26. The molecule has 0 amide bonds. The lowest BCUT2D eigenvalue weighted by molar-refractivity contribution is 0.247. The predicted octanol–water partition coefficient (Wildman–Crippen LogP) is 1.12. The smallest absolute Gasteiger partial charge is 0.238 e. The highest BCUT2D eigenvalue weighted by molar-refractivity contribution is 8.13. The molecule has 90 valence electrons. The SMILES string of the molecule is CCN1CCc2onc(CS(=O)(=O)Cl)c2C1. The molecule has 2 heterocycles. The summed E-state index contributed by atoms with van der Waals surface area (Å²) < 4.78 is 27.1. The molecule has 0 saturated heterocycles. The average Bonchev–Trinajstić information content (AvgIpc) is 2.58. The van der Waals surface area contributed by atoms with Gasteiger partial charge in [0, 0.05) is 35.8 Å². The minimum absolute atomic E-state index is 0.259. The molecule has 0 aliphatic carbocycles. The van der Waals surface area contributed by atoms with E-state index in [9.17, 15) is 8.42 Å². The number of aromatic nitrogens is 1. The van der Waals surface area contributed by atoms with Crippen molar-refractivity contribution >= 4 is 19.7 Å². The Kier molecular flexibility index (Phi) is 3.23. The normalized spacial score (nSPS) is 17.4. The van der Waals surface area contributed by atoms with Gasteiger partial charge < -0.3 is 4.52 Å². The summed E-state index contributed by atoms with van der Waals surface area (Å²) in [4.78, 5) is 2.21. The fraction of sp³-hybridized carbons (Fsp3) is 0.667. The van der Waals surface area contributed by atoms with Gasteiger partial charge in [-0.15, -0.1) is 0 Å². The quantitative estimate of drug-likeness (QED) is 0.766. The van der Waals surface area contributed by atoms with E-state index in [0.29, 0.717) is 12.2 Å². The van der Waals surface area contributed by atoms with Crippen LogP contribution in [0.5, 0.6) is 0 Å². The Bertz CT molecular complexity index is 483. The van der Waals surface area contributed by atoms with E-state index in [4.69, 9.17) is 15.2 Å². The number of fused-ring (bicyclic) bond motifs is 1. The van der Waals surface area contributed by atoms with E-state index in [1.165, 1.54) is 0 Å². The summed E-state index contributed by atoms with van der Waals surface area (Å²) in [6.07, 6.45) is 0.776. The molecule has 0 unspecified atom stereocenters. The van der Waals surface area contributed by atoms with Crippen LogP contribution in [0.25, 0.3) is 0 Å². The molecule has 1 aromatic rings. The minimum Gasteiger partial charge on any atom is -0.361 e. The third kappa shape index (κ3) is 2.56. The van der Waals surface area contributed by atoms with Crippen LogP contribution in [0, 0.1) is 0 Å². The minimum atomic E-state index is -3.57. The van der Waals surface area contributed by atoms with Crippen molar-refractivity contribution in [1.82, 2.24) is 10.1 Å². The van der Waals surface area contributed by atoms with E-state index in [0.717, 1.165) is 30.8 Å². The highest BCUT2D eigenvalue weighted by Gasteiger charge is 2.25. The second-order valence-electron chi connectivity index (χ2n) is 3.83. The Morgan fingerprint density at radius 2 is 2.31 bits per heavy atom. The van der Waals surface area contributed by atoms with Gasteiger partial charge >= 0.3 is 0 Å². The first kappa shape index (κ1) is 11.9. The van der Waals surface area contributed by atoms with E-state index in [1.54, 1.807) is 0 Å². The van der Waals surface area contributed by atoms with Gasteiger partial charge in [-0.1, -0.05) is 12.1 Å². The molecule has 2 rings (SSSR count). The second-order valence-corrected chi connectivity index (χ2v) is 6.61. The first-order valence-corrected chi connectivity index (χ1v) is 7.58. The topological polar surface area (TPSA) is 63.4 Å². The number of likely N-dealkylation sites (N-methyl/N-ethyl adjacent to an activating group) is 1. The van der Waals surface area contributed by atoms with Crippen molar-refractivity contribution in [3.63, 3.8) is 0 Å². The van der Waals surface area contributed by atoms with Gasteiger partial charge in [0.25, 0.3) is 0 Å². The van der Waals surface area contributed by atoms with Crippen molar-refractivity contribution in [2.75, 3.05) is 13.1 Å². The Morgan fingerprint density at radius 3 is 2.94 bits per heavy atom. The zero-order valence-corrected chi connectivity index (χ0v) is 10.5. The summed E-state index contributed by atoms with van der Waals surface area (Å²) in [5.74, 6) is 0.533. The van der Waals surface area contributed by atoms with Gasteiger partial charge in [0.15, 0.2) is 0 Å². The van der Waals surface area contributed by atoms with E-state index < -0.39 is 9.05 Å². The van der Waals surface area contributed by atoms with Gasteiger partial charge in [-0.2, -0.15) is 0 Å². The van der Waals surface area contributed by atoms with Crippen molar-refractivity contribution in [2.45, 2.75) is 25.6 Å². The van der Waals surface area contributed by atoms with Gasteiger partial charge in [-0.25, -0.2) is 8.42 Å². The summed E-state index contributed by atoms with van der Waals surface area (Å²) in [7, 11) is 1.64. The van der Waals surface area contributed by atoms with Crippen LogP contribution in [0.4, 0.5) is 0 Å². The third-order valence-electron chi connectivity index (χ3n) is 2.74. The molecule has 0 atom stereocenters. The van der Waals surface area contributed by atoms with Crippen LogP contribution in [0.3, 0.4) is 0 Å². The third-order valence-corrected chi connectivity index (χ3v) is 3.69. The predicted molar refractivity (Wildman–Crippen MR) is 59.6 cm³/mol. The fourth-order valence-corrected chi connectivity index (χ4v) is 2.73. The van der Waals surface area contributed by atoms with Crippen molar-refractivity contribution in [1.29, 1.82) is 0 Å². The molecule has 0 radical (unpaired) electrons. The summed E-state index contributed by atoms with van der Waals surface area (Å²) >= 11 is 0. The molecular weight excluding hydrogens is 252 g/mol. The molecular formula is C9H13ClN2O3S. The molecule has 7 heteroatoms. The molecule has 0 bridgehead atoms. The van der Waals surface area contributed by atoms with Crippen molar-refractivity contribution in [3.05, 3.63) is 17.0 Å². The first-order chi connectivity index (χ1) is 7.49. The average molecular weight is 265 g/mol. The van der Waals surface area contributed by atoms with Crippen molar-refractivity contribution in [2.24, 2.45) is 0 Å². The van der Waals surface area contributed by atoms with Gasteiger partial charge in [-0.3, -0.25) is 4.90 Å². The maximum atomic E-state index is 11.0. The number of hydrogen-bond donors (Lipinski definition) is 0. The van der Waals surface area contributed by atoms with Crippen molar-refractivity contribution in [3.8, 4) is 0 Å². The molecule has 16 heavy (non-hydrogen) atoms. The molecule has 1 aromatic heterocycles. The summed E-state index contributed by atoms with van der Waals surface area (Å²) in [5, 5.41) is 3.79. The maximum Gasteiger partial charge on any atom is 0.238 e. The lowest BCUT2D eigenvalue weighted by Gasteiger charge is -2.24. The van der Waals surface area contributed by atoms with Crippen LogP contribution < -0.4 is 0 Å². The number of halogens is 1. The van der Waals surface area contributed by atoms with Crippen LogP contribution in [0.1, 0.15) is 23.9 Å². The van der Waals surface area contributed by atoms with Crippen LogP contribution in [0.15, 0.2) is 4.52 Å². The van der Waals surface area contributed by atoms with E-state index >= 15 is 0 Å². The van der Waals surface area contributed by atoms with Crippen molar-refractivity contribution < 1.29 is 12.9 Å². The monoisotopic (exact) mass is 264 g/mol. The largest absolute Gasteiger partial charge is 0.361 e. The number of rotatable bonds is 3. The summed E-state index contributed by atoms with van der Waals surface area (Å²) in [6, 6.07) is 0. The van der Waals surface area contributed by atoms with E-state index in [1.807, 2.05) is 0 Å². The standard InChI is InChI=1S/C9H13ClN2O3S/c1-2-12-4-3-9-7(5-12)8(11-15-9)6-16(10,13)14/h2-6H2,1H3. The lowest BCUT2D eigenvalue weighted by Crippen LogP contribution is -2.30. The second kappa shape index (κ2) is 4.35. The highest BCUT2D eigenvalue weighted by Crippen LogP contribution is 2.24. The number of nitrogens with zero attached hydrogens (tertiary/aromatic N) is 2. The van der Waals surface area contributed by atoms with Crippen LogP contribution in [-0.4, -0.2) is 31.6 Å². The molecule has 0 fully saturated rings. The zero-order chi connectivity index (χ0) is 11.8. The zero-order valence-electron chi connectivity index (χ0n) is 8.94. The molecule has 0 aromatic carbocycles. The molecule has 0 N–H and O–H groups in total. The molecule has 0 saturated carbocycles. The van der Waals surface area contributed by atoms with E-state index in [-0.39, 0.29) is 5.75 Å². The molecule has 1 aliphatic rings. The van der Waals surface area contributed by atoms with Crippen LogP contribution >= 0.6 is 10.7 Å². The Labute approximate surface area is 98.8 Å². The Morgan fingerprint density at radius 1 is 1.56 bits per heavy atom. The fourth-order valence-electron chi connectivity index (χ4n) is 1.87. The van der Waals surface area contributed by atoms with Crippen LogP contribution in [0.2, 0.25) is 0 Å². The summed E-state index contributed by atoms with van der Waals surface area (Å²) in [5.41, 5.74) is 1.33. The molecule has 0 spiro atoms. The first-order valence-electron chi connectivity index (χ1n) is 5.10. The van der Waals surface area contributed by atoms with Crippen LogP contribution in [-0.2, 0) is 27.8 Å². The lowest BCUT2D eigenvalue weighted by atomic mass is 10.1. The number of hydrogen-bond acceptors (Lipinski definition) is 5. The Hall–Kier alpha value is -0.590. The highest BCUT2D eigenvalue weighted by atomic mass is 35.7. The van der Waals surface area contributed by atoms with Gasteiger partial charge in [0.05, 0.1) is 0 Å². The van der Waals surface area contributed by atoms with Gasteiger partial charge in [0.2, 0.25) is 9.05 Å². The molecule has 1 aliphatic heterocycles. The van der Waals surface area contributed by atoms with E-state index in [2.05, 4.69) is 17.0 Å². The molecule has 5 nitrogen and oxygen atoms in total. The van der Waals surface area contributed by atoms with Gasteiger partial charge in [-0.05, 0) is 6.54 Å². The maximum absolute atomic E-state index is 11.0.